The molecule has 8 nitrogen and oxygen atoms in total. The number of hydrogen-bond donors (Lipinski definition) is 2. The standard InChI is InChI=1S/C21H26N6O2/c1-26(2)12-7-11-23-20(28)18-17-10-5-6-13-27(17)19(25-18)21(29)24-16-9-4-3-8-15(16)14-22/h3-4,8-9H,5-7,10-13H2,1-2H3,(H,23,28)(H,24,29). The Morgan fingerprint density at radius 1 is 1.24 bits per heavy atom. The number of carbonyl (C=O) groups excluding carboxylic acids is 2. The first-order valence-electron chi connectivity index (χ1n) is 9.84. The molecule has 1 aliphatic rings. The normalized spacial score (nSPS) is 12.9. The lowest BCUT2D eigenvalue weighted by molar-refractivity contribution is 0.0946. The lowest BCUT2D eigenvalue weighted by Gasteiger charge is -2.17. The van der Waals surface area contributed by atoms with E-state index in [0.717, 1.165) is 37.9 Å². The molecule has 3 rings (SSSR count). The average molecular weight is 394 g/mol. The van der Waals surface area contributed by atoms with E-state index >= 15 is 0 Å². The Bertz CT molecular complexity index is 941. The van der Waals surface area contributed by atoms with Crippen LogP contribution in [0.3, 0.4) is 0 Å². The van der Waals surface area contributed by atoms with Gasteiger partial charge in [0, 0.05) is 13.1 Å². The maximum atomic E-state index is 12.9. The van der Waals surface area contributed by atoms with E-state index in [1.165, 1.54) is 0 Å². The number of rotatable bonds is 7. The minimum Gasteiger partial charge on any atom is -0.351 e. The number of hydrogen-bond acceptors (Lipinski definition) is 5. The van der Waals surface area contributed by atoms with Crippen LogP contribution >= 0.6 is 0 Å². The van der Waals surface area contributed by atoms with Crippen LogP contribution in [0, 0.1) is 11.3 Å². The summed E-state index contributed by atoms with van der Waals surface area (Å²) < 4.78 is 1.84. The molecular weight excluding hydrogens is 368 g/mol. The van der Waals surface area contributed by atoms with Crippen LogP contribution in [0.5, 0.6) is 0 Å². The molecule has 0 saturated heterocycles. The second-order valence-corrected chi connectivity index (χ2v) is 7.36. The van der Waals surface area contributed by atoms with Crippen molar-refractivity contribution in [1.82, 2.24) is 19.8 Å². The smallest absolute Gasteiger partial charge is 0.291 e. The summed E-state index contributed by atoms with van der Waals surface area (Å²) in [5, 5.41) is 14.9. The molecular formula is C21H26N6O2. The zero-order valence-electron chi connectivity index (χ0n) is 16.9. The van der Waals surface area contributed by atoms with Gasteiger partial charge in [0.25, 0.3) is 11.8 Å². The molecule has 0 radical (unpaired) electrons. The highest BCUT2D eigenvalue weighted by molar-refractivity contribution is 6.04. The third-order valence-electron chi connectivity index (χ3n) is 4.90. The van der Waals surface area contributed by atoms with E-state index < -0.39 is 5.91 Å². The summed E-state index contributed by atoms with van der Waals surface area (Å²) in [5.41, 5.74) is 1.95. The SMILES string of the molecule is CN(C)CCCNC(=O)c1nc(C(=O)Nc2ccccc2C#N)n2c1CCCC2. The second-order valence-electron chi connectivity index (χ2n) is 7.36. The lowest BCUT2D eigenvalue weighted by atomic mass is 10.1. The van der Waals surface area contributed by atoms with Crippen LogP contribution in [0.15, 0.2) is 24.3 Å². The van der Waals surface area contributed by atoms with Gasteiger partial charge in [-0.25, -0.2) is 4.98 Å². The fourth-order valence-electron chi connectivity index (χ4n) is 3.45. The monoisotopic (exact) mass is 394 g/mol. The summed E-state index contributed by atoms with van der Waals surface area (Å²) >= 11 is 0. The maximum absolute atomic E-state index is 12.9. The van der Waals surface area contributed by atoms with Gasteiger partial charge in [-0.15, -0.1) is 0 Å². The zero-order chi connectivity index (χ0) is 20.8. The van der Waals surface area contributed by atoms with Crippen LogP contribution in [-0.2, 0) is 13.0 Å². The van der Waals surface area contributed by atoms with Crippen molar-refractivity contribution in [2.24, 2.45) is 0 Å². The lowest BCUT2D eigenvalue weighted by Crippen LogP contribution is -2.28. The van der Waals surface area contributed by atoms with Gasteiger partial charge < -0.3 is 20.1 Å². The van der Waals surface area contributed by atoms with Crippen molar-refractivity contribution in [3.63, 3.8) is 0 Å². The molecule has 1 aromatic carbocycles. The maximum Gasteiger partial charge on any atom is 0.291 e. The Morgan fingerprint density at radius 3 is 2.79 bits per heavy atom. The summed E-state index contributed by atoms with van der Waals surface area (Å²) in [6, 6.07) is 8.88. The van der Waals surface area contributed by atoms with Crippen molar-refractivity contribution in [1.29, 1.82) is 5.26 Å². The molecule has 2 aromatic rings. The Balaban J connectivity index is 1.80. The van der Waals surface area contributed by atoms with Gasteiger partial charge in [-0.2, -0.15) is 5.26 Å². The van der Waals surface area contributed by atoms with Gasteiger partial charge in [0.2, 0.25) is 0 Å². The third kappa shape index (κ3) is 4.81. The second kappa shape index (κ2) is 9.34. The van der Waals surface area contributed by atoms with Gasteiger partial charge in [0.1, 0.15) is 11.8 Å². The first-order chi connectivity index (χ1) is 14.0. The highest BCUT2D eigenvalue weighted by atomic mass is 16.2. The van der Waals surface area contributed by atoms with Gasteiger partial charge in [0.05, 0.1) is 16.9 Å². The summed E-state index contributed by atoms with van der Waals surface area (Å²) in [4.78, 5) is 32.0. The molecule has 29 heavy (non-hydrogen) atoms. The Hall–Kier alpha value is -3.18. The predicted molar refractivity (Wildman–Crippen MR) is 110 cm³/mol. The number of amides is 2. The van der Waals surface area contributed by atoms with Crippen molar-refractivity contribution in [2.45, 2.75) is 32.2 Å². The van der Waals surface area contributed by atoms with Crippen molar-refractivity contribution >= 4 is 17.5 Å². The number of nitriles is 1. The van der Waals surface area contributed by atoms with E-state index in [2.05, 4.69) is 26.6 Å². The van der Waals surface area contributed by atoms with E-state index in [0.29, 0.717) is 30.0 Å². The van der Waals surface area contributed by atoms with E-state index in [9.17, 15) is 14.9 Å². The molecule has 0 saturated carbocycles. The zero-order valence-corrected chi connectivity index (χ0v) is 16.9. The van der Waals surface area contributed by atoms with Crippen molar-refractivity contribution in [3.05, 3.63) is 47.0 Å². The van der Waals surface area contributed by atoms with Crippen molar-refractivity contribution in [3.8, 4) is 6.07 Å². The Labute approximate surface area is 170 Å². The molecule has 0 bridgehead atoms. The van der Waals surface area contributed by atoms with E-state index in [-0.39, 0.29) is 11.7 Å². The topological polar surface area (TPSA) is 103 Å². The molecule has 1 aromatic heterocycles. The molecule has 0 unspecified atom stereocenters. The van der Waals surface area contributed by atoms with Gasteiger partial charge in [-0.3, -0.25) is 9.59 Å². The van der Waals surface area contributed by atoms with Crippen molar-refractivity contribution < 1.29 is 9.59 Å². The van der Waals surface area contributed by atoms with E-state index in [4.69, 9.17) is 0 Å². The average Bonchev–Trinajstić information content (AvgIpc) is 3.11. The first-order valence-corrected chi connectivity index (χ1v) is 9.84. The molecule has 2 amide bonds. The molecule has 0 fully saturated rings. The summed E-state index contributed by atoms with van der Waals surface area (Å²) in [7, 11) is 3.98. The number of carbonyl (C=O) groups is 2. The first kappa shape index (κ1) is 20.6. The molecule has 152 valence electrons. The summed E-state index contributed by atoms with van der Waals surface area (Å²) in [5.74, 6) is -0.445. The number of anilines is 1. The molecule has 8 heteroatoms. The number of benzene rings is 1. The summed E-state index contributed by atoms with van der Waals surface area (Å²) in [6.07, 6.45) is 3.45. The predicted octanol–water partition coefficient (Wildman–Crippen LogP) is 2.02. The fourth-order valence-corrected chi connectivity index (χ4v) is 3.45. The molecule has 2 heterocycles. The van der Waals surface area contributed by atoms with Crippen LogP contribution < -0.4 is 10.6 Å². The number of aromatic nitrogens is 2. The van der Waals surface area contributed by atoms with Gasteiger partial charge >= 0.3 is 0 Å². The molecule has 0 spiro atoms. The van der Waals surface area contributed by atoms with Crippen LogP contribution in [0.1, 0.15) is 51.6 Å². The molecule has 0 atom stereocenters. The van der Waals surface area contributed by atoms with Gasteiger partial charge in [-0.05, 0) is 58.5 Å². The van der Waals surface area contributed by atoms with Gasteiger partial charge in [-0.1, -0.05) is 12.1 Å². The minimum absolute atomic E-state index is 0.214. The van der Waals surface area contributed by atoms with Crippen LogP contribution in [0.2, 0.25) is 0 Å². The van der Waals surface area contributed by atoms with Crippen LogP contribution in [0.4, 0.5) is 5.69 Å². The van der Waals surface area contributed by atoms with E-state index in [1.54, 1.807) is 24.3 Å². The highest BCUT2D eigenvalue weighted by Gasteiger charge is 2.27. The van der Waals surface area contributed by atoms with E-state index in [1.807, 2.05) is 18.7 Å². The van der Waals surface area contributed by atoms with Crippen LogP contribution in [-0.4, -0.2) is 53.5 Å². The quantitative estimate of drug-likeness (QED) is 0.700. The third-order valence-corrected chi connectivity index (χ3v) is 4.90. The minimum atomic E-state index is -0.414. The molecule has 1 aliphatic heterocycles. The largest absolute Gasteiger partial charge is 0.351 e. The number of para-hydroxylation sites is 1. The number of nitrogens with one attached hydrogen (secondary N) is 2. The molecule has 2 N–H and O–H groups in total. The summed E-state index contributed by atoms with van der Waals surface area (Å²) in [6.45, 7) is 2.09. The van der Waals surface area contributed by atoms with Crippen molar-refractivity contribution in [2.75, 3.05) is 32.5 Å². The molecule has 0 aliphatic carbocycles. The van der Waals surface area contributed by atoms with Gasteiger partial charge in [0.15, 0.2) is 5.82 Å². The number of nitrogens with zero attached hydrogens (tertiary/aromatic N) is 4. The fraction of sp³-hybridized carbons (Fsp3) is 0.429. The number of fused-ring (bicyclic) bond motifs is 1. The number of imidazole rings is 1. The van der Waals surface area contributed by atoms with Crippen LogP contribution in [0.25, 0.3) is 0 Å². The Morgan fingerprint density at radius 2 is 2.03 bits per heavy atom. The Kier molecular flexibility index (Phi) is 6.62. The highest BCUT2D eigenvalue weighted by Crippen LogP contribution is 2.22.